The SMILES string of the molecule is CCCCCCN1c2ccc(OC)c(CNC(=O)[C@H](COC(C)(C)C)NC(=O)OCC3c4ccccc4-c4ccccc43)c2Sc2[c]c(OC)cc(Cc3ccccc3)c21. The van der Waals surface area contributed by atoms with Gasteiger partial charge >= 0.3 is 6.09 Å². The lowest BCUT2D eigenvalue weighted by Gasteiger charge is -2.36. The van der Waals surface area contributed by atoms with E-state index in [1.165, 1.54) is 5.56 Å². The second-order valence-corrected chi connectivity index (χ2v) is 17.3. The monoisotopic (exact) mass is 826 g/mol. The molecule has 0 unspecified atom stereocenters. The van der Waals surface area contributed by atoms with E-state index in [1.807, 2.05) is 57.2 Å². The lowest BCUT2D eigenvalue weighted by molar-refractivity contribution is -0.126. The van der Waals surface area contributed by atoms with Crippen LogP contribution in [0.1, 0.15) is 87.1 Å². The molecule has 5 aromatic carbocycles. The summed E-state index contributed by atoms with van der Waals surface area (Å²) in [5.74, 6) is 0.803. The highest BCUT2D eigenvalue weighted by Gasteiger charge is 2.33. The topological polar surface area (TPSA) is 98.4 Å². The Bertz CT molecular complexity index is 2250. The highest BCUT2D eigenvalue weighted by atomic mass is 32.2. The molecular weight excluding hydrogens is 771 g/mol. The Labute approximate surface area is 359 Å². The number of rotatable bonds is 17. The fraction of sp³-hybridized carbons (Fsp3) is 0.360. The first-order valence-corrected chi connectivity index (χ1v) is 21.8. The summed E-state index contributed by atoms with van der Waals surface area (Å²) in [5.41, 5.74) is 9.33. The number of hydrogen-bond acceptors (Lipinski definition) is 8. The molecule has 313 valence electrons. The molecule has 2 amide bonds. The number of nitrogens with one attached hydrogen (secondary N) is 2. The number of fused-ring (bicyclic) bond motifs is 5. The second-order valence-electron chi connectivity index (χ2n) is 16.3. The summed E-state index contributed by atoms with van der Waals surface area (Å²) in [5, 5.41) is 5.94. The molecule has 1 heterocycles. The van der Waals surface area contributed by atoms with Crippen molar-refractivity contribution in [2.75, 3.05) is 38.9 Å². The fourth-order valence-corrected chi connectivity index (χ4v) is 9.31. The van der Waals surface area contributed by atoms with Gasteiger partial charge in [0.1, 0.15) is 24.1 Å². The zero-order valence-corrected chi connectivity index (χ0v) is 36.4. The molecule has 1 radical (unpaired) electrons. The first-order valence-electron chi connectivity index (χ1n) is 20.9. The van der Waals surface area contributed by atoms with Crippen molar-refractivity contribution in [3.8, 4) is 22.6 Å². The summed E-state index contributed by atoms with van der Waals surface area (Å²) in [6.07, 6.45) is 4.49. The van der Waals surface area contributed by atoms with Crippen molar-refractivity contribution < 1.29 is 28.5 Å². The van der Waals surface area contributed by atoms with E-state index >= 15 is 0 Å². The lowest BCUT2D eigenvalue weighted by Crippen LogP contribution is -2.50. The van der Waals surface area contributed by atoms with Crippen LogP contribution in [0.15, 0.2) is 107 Å². The van der Waals surface area contributed by atoms with E-state index in [0.29, 0.717) is 11.5 Å². The molecule has 0 bridgehead atoms. The molecule has 10 heteroatoms. The van der Waals surface area contributed by atoms with Crippen LogP contribution in [0.4, 0.5) is 16.2 Å². The average Bonchev–Trinajstić information content (AvgIpc) is 3.57. The molecule has 0 aromatic heterocycles. The van der Waals surface area contributed by atoms with Gasteiger partial charge in [0, 0.05) is 40.4 Å². The predicted octanol–water partition coefficient (Wildman–Crippen LogP) is 10.6. The first-order chi connectivity index (χ1) is 29.1. The maximum atomic E-state index is 14.1. The molecule has 0 spiro atoms. The number of hydrogen-bond donors (Lipinski definition) is 2. The number of carbonyl (C=O) groups is 2. The van der Waals surface area contributed by atoms with Gasteiger partial charge in [0.15, 0.2) is 0 Å². The van der Waals surface area contributed by atoms with Crippen molar-refractivity contribution in [1.29, 1.82) is 0 Å². The third kappa shape index (κ3) is 9.77. The van der Waals surface area contributed by atoms with Crippen LogP contribution in [0.2, 0.25) is 0 Å². The van der Waals surface area contributed by atoms with Crippen LogP contribution in [0.3, 0.4) is 0 Å². The van der Waals surface area contributed by atoms with Crippen LogP contribution < -0.4 is 25.0 Å². The van der Waals surface area contributed by atoms with Gasteiger partial charge in [0.2, 0.25) is 5.91 Å². The number of carbonyl (C=O) groups excluding carboxylic acids is 2. The van der Waals surface area contributed by atoms with Crippen molar-refractivity contribution >= 4 is 35.1 Å². The number of amides is 2. The zero-order valence-electron chi connectivity index (χ0n) is 35.6. The minimum absolute atomic E-state index is 0.0455. The Hall–Kier alpha value is -5.45. The number of benzene rings is 5. The minimum Gasteiger partial charge on any atom is -0.496 e. The van der Waals surface area contributed by atoms with Crippen molar-refractivity contribution in [3.63, 3.8) is 0 Å². The Balaban J connectivity index is 1.13. The Kier molecular flexibility index (Phi) is 13.7. The van der Waals surface area contributed by atoms with Crippen LogP contribution >= 0.6 is 11.8 Å². The van der Waals surface area contributed by atoms with Crippen LogP contribution in [0, 0.1) is 6.07 Å². The van der Waals surface area contributed by atoms with Gasteiger partial charge in [-0.2, -0.15) is 0 Å². The molecule has 7 rings (SSSR count). The number of anilines is 2. The molecule has 1 aliphatic carbocycles. The summed E-state index contributed by atoms with van der Waals surface area (Å²) in [7, 11) is 3.32. The van der Waals surface area contributed by atoms with Gasteiger partial charge in [-0.15, -0.1) is 0 Å². The molecule has 2 N–H and O–H groups in total. The molecule has 9 nitrogen and oxygen atoms in total. The summed E-state index contributed by atoms with van der Waals surface area (Å²) in [4.78, 5) is 32.0. The lowest BCUT2D eigenvalue weighted by atomic mass is 9.98. The summed E-state index contributed by atoms with van der Waals surface area (Å²) in [6.45, 7) is 9.01. The average molecular weight is 827 g/mol. The maximum absolute atomic E-state index is 14.1. The molecule has 60 heavy (non-hydrogen) atoms. The van der Waals surface area contributed by atoms with Crippen molar-refractivity contribution in [2.45, 2.75) is 93.7 Å². The fourth-order valence-electron chi connectivity index (χ4n) is 8.04. The highest BCUT2D eigenvalue weighted by molar-refractivity contribution is 7.99. The number of methoxy groups -OCH3 is 2. The van der Waals surface area contributed by atoms with E-state index in [4.69, 9.17) is 18.9 Å². The van der Waals surface area contributed by atoms with Crippen molar-refractivity contribution in [2.24, 2.45) is 0 Å². The summed E-state index contributed by atoms with van der Waals surface area (Å²) in [6, 6.07) is 35.6. The second kappa shape index (κ2) is 19.3. The minimum atomic E-state index is -1.02. The maximum Gasteiger partial charge on any atom is 0.407 e. The predicted molar refractivity (Wildman–Crippen MR) is 239 cm³/mol. The van der Waals surface area contributed by atoms with Crippen LogP contribution in [0.5, 0.6) is 11.5 Å². The van der Waals surface area contributed by atoms with E-state index in [1.54, 1.807) is 26.0 Å². The quantitative estimate of drug-likeness (QED) is 0.0895. The molecule has 0 fully saturated rings. The molecule has 0 saturated heterocycles. The number of unbranched alkanes of at least 4 members (excludes halogenated alkanes) is 3. The number of alkyl carbamates (subject to hydrolysis) is 1. The van der Waals surface area contributed by atoms with Gasteiger partial charge in [-0.25, -0.2) is 4.79 Å². The number of ether oxygens (including phenoxy) is 4. The van der Waals surface area contributed by atoms with E-state index in [2.05, 4.69) is 89.2 Å². The van der Waals surface area contributed by atoms with Crippen molar-refractivity contribution in [1.82, 2.24) is 10.6 Å². The zero-order chi connectivity index (χ0) is 42.2. The first kappa shape index (κ1) is 42.7. The van der Waals surface area contributed by atoms with Gasteiger partial charge in [0.25, 0.3) is 0 Å². The van der Waals surface area contributed by atoms with Crippen LogP contribution in [-0.2, 0) is 27.2 Å². The summed E-state index contributed by atoms with van der Waals surface area (Å²) < 4.78 is 23.7. The molecular formula is C50H56N3O6S. The normalized spacial score (nSPS) is 13.4. The van der Waals surface area contributed by atoms with Crippen LogP contribution in [-0.4, -0.2) is 57.6 Å². The molecule has 5 aromatic rings. The van der Waals surface area contributed by atoms with Gasteiger partial charge in [-0.1, -0.05) is 117 Å². The van der Waals surface area contributed by atoms with Crippen LogP contribution in [0.25, 0.3) is 11.1 Å². The Morgan fingerprint density at radius 2 is 1.57 bits per heavy atom. The van der Waals surface area contributed by atoms with E-state index in [-0.39, 0.29) is 25.7 Å². The smallest absolute Gasteiger partial charge is 0.407 e. The largest absolute Gasteiger partial charge is 0.496 e. The highest BCUT2D eigenvalue weighted by Crippen LogP contribution is 2.54. The van der Waals surface area contributed by atoms with E-state index in [0.717, 1.165) is 93.2 Å². The number of nitrogens with zero attached hydrogens (tertiary/aromatic N) is 1. The third-order valence-corrected chi connectivity index (χ3v) is 12.2. The van der Waals surface area contributed by atoms with E-state index in [9.17, 15) is 9.59 Å². The molecule has 2 aliphatic rings. The van der Waals surface area contributed by atoms with Gasteiger partial charge in [0.05, 0.1) is 37.8 Å². The molecule has 1 atom stereocenters. The van der Waals surface area contributed by atoms with Gasteiger partial charge in [-0.05, 0) is 85.2 Å². The third-order valence-electron chi connectivity index (χ3n) is 11.0. The van der Waals surface area contributed by atoms with Gasteiger partial charge in [-0.3, -0.25) is 4.79 Å². The molecule has 0 saturated carbocycles. The standard InChI is InChI=1S/C50H56N3O6S/c1-7-8-9-17-26-53-43-24-25-44(57-6)40(47(43)60-45-29-35(56-5)28-34(46(45)53)27-33-18-11-10-12-19-33)30-51-48(54)42(32-59-50(2,3)4)52-49(55)58-31-41-38-22-15-13-20-36(38)37-21-14-16-23-39(37)41/h10-16,18-25,28,41-42H,7-9,17,26-27,30-32H2,1-6H3,(H,51,54)(H,52,55)/t42-/m0/s1. The van der Waals surface area contributed by atoms with Crippen molar-refractivity contribution in [3.05, 3.63) is 131 Å². The van der Waals surface area contributed by atoms with Gasteiger partial charge < -0.3 is 34.5 Å². The Morgan fingerprint density at radius 1 is 0.867 bits per heavy atom. The molecule has 1 aliphatic heterocycles. The van der Waals surface area contributed by atoms with E-state index < -0.39 is 23.6 Å². The Morgan fingerprint density at radius 3 is 2.23 bits per heavy atom. The summed E-state index contributed by atoms with van der Waals surface area (Å²) >= 11 is 1.61.